The second-order valence-corrected chi connectivity index (χ2v) is 5.57. The molecule has 2 aromatic carbocycles. The number of rotatable bonds is 3. The second kappa shape index (κ2) is 5.30. The van der Waals surface area contributed by atoms with Crippen LogP contribution >= 0.6 is 15.9 Å². The van der Waals surface area contributed by atoms with Gasteiger partial charge in [0.05, 0.1) is 5.56 Å². The van der Waals surface area contributed by atoms with Gasteiger partial charge in [0.25, 0.3) is 0 Å². The van der Waals surface area contributed by atoms with E-state index in [0.717, 1.165) is 0 Å². The van der Waals surface area contributed by atoms with Gasteiger partial charge in [-0.3, -0.25) is 9.59 Å². The Labute approximate surface area is 130 Å². The van der Waals surface area contributed by atoms with Crippen LogP contribution in [-0.4, -0.2) is 18.1 Å². The van der Waals surface area contributed by atoms with Crippen LogP contribution in [0.25, 0.3) is 0 Å². The van der Waals surface area contributed by atoms with Gasteiger partial charge in [0.1, 0.15) is 0 Å². The summed E-state index contributed by atoms with van der Waals surface area (Å²) in [6, 6.07) is 10.5. The molecule has 0 radical (unpaired) electrons. The minimum absolute atomic E-state index is 0.130. The number of benzene rings is 2. The molecule has 1 aliphatic carbocycles. The highest BCUT2D eigenvalue weighted by molar-refractivity contribution is 9.10. The van der Waals surface area contributed by atoms with Gasteiger partial charge in [0.15, 0.2) is 11.6 Å². The van der Waals surface area contributed by atoms with Crippen molar-refractivity contribution in [1.29, 1.82) is 0 Å². The lowest BCUT2D eigenvalue weighted by atomic mass is 9.83. The van der Waals surface area contributed by atoms with Crippen LogP contribution in [0.5, 0.6) is 0 Å². The average Bonchev–Trinajstić information content (AvgIpc) is 2.51. The van der Waals surface area contributed by atoms with E-state index in [1.807, 2.05) is 0 Å². The maximum absolute atomic E-state index is 12.8. The molecule has 0 amide bonds. The summed E-state index contributed by atoms with van der Waals surface area (Å²) in [5.74, 6) is -0.262. The lowest BCUT2D eigenvalue weighted by molar-refractivity contribution is 0.0979. The fraction of sp³-hybridized carbons (Fsp3) is 0.0588. The number of nitrogens with one attached hydrogen (secondary N) is 1. The molecule has 3 nitrogen and oxygen atoms in total. The van der Waals surface area contributed by atoms with Crippen LogP contribution in [0, 0.1) is 0 Å². The van der Waals surface area contributed by atoms with Crippen molar-refractivity contribution >= 4 is 33.2 Å². The van der Waals surface area contributed by atoms with Crippen LogP contribution in [0.4, 0.5) is 5.69 Å². The third-order valence-corrected chi connectivity index (χ3v) is 4.12. The van der Waals surface area contributed by atoms with E-state index in [1.54, 1.807) is 42.5 Å². The van der Waals surface area contributed by atoms with Crippen LogP contribution in [-0.2, 0) is 0 Å². The van der Waals surface area contributed by atoms with Crippen molar-refractivity contribution in [2.24, 2.45) is 0 Å². The van der Waals surface area contributed by atoms with E-state index in [2.05, 4.69) is 27.8 Å². The summed E-state index contributed by atoms with van der Waals surface area (Å²) in [5, 5.41) is 3.12. The molecule has 0 unspecified atom stereocenters. The summed E-state index contributed by atoms with van der Waals surface area (Å²) in [7, 11) is 0. The molecule has 104 valence electrons. The molecule has 1 N–H and O–H groups in total. The number of hydrogen-bond acceptors (Lipinski definition) is 3. The van der Waals surface area contributed by atoms with Crippen LogP contribution < -0.4 is 5.32 Å². The zero-order valence-corrected chi connectivity index (χ0v) is 12.7. The minimum Gasteiger partial charge on any atom is -0.381 e. The predicted octanol–water partition coefficient (Wildman–Crippen LogP) is 3.82. The summed E-state index contributed by atoms with van der Waals surface area (Å²) in [4.78, 5) is 25.4. The van der Waals surface area contributed by atoms with E-state index in [-0.39, 0.29) is 11.6 Å². The molecule has 21 heavy (non-hydrogen) atoms. The first-order valence-electron chi connectivity index (χ1n) is 6.51. The van der Waals surface area contributed by atoms with Gasteiger partial charge in [-0.05, 0) is 12.1 Å². The van der Waals surface area contributed by atoms with Gasteiger partial charge in [-0.25, -0.2) is 0 Å². The first kappa shape index (κ1) is 13.8. The molecular formula is C17H12BrNO2. The van der Waals surface area contributed by atoms with Crippen LogP contribution in [0.3, 0.4) is 0 Å². The van der Waals surface area contributed by atoms with E-state index >= 15 is 0 Å². The fourth-order valence-electron chi connectivity index (χ4n) is 2.51. The summed E-state index contributed by atoms with van der Waals surface area (Å²) in [5.41, 5.74) is 2.41. The van der Waals surface area contributed by atoms with Crippen molar-refractivity contribution in [2.45, 2.75) is 0 Å². The van der Waals surface area contributed by atoms with Crippen molar-refractivity contribution in [3.8, 4) is 0 Å². The Morgan fingerprint density at radius 3 is 2.24 bits per heavy atom. The highest BCUT2D eigenvalue weighted by atomic mass is 79.9. The van der Waals surface area contributed by atoms with E-state index < -0.39 is 0 Å². The number of anilines is 1. The number of carbonyl (C=O) groups excluding carboxylic acids is 2. The van der Waals surface area contributed by atoms with E-state index in [4.69, 9.17) is 0 Å². The molecule has 0 atom stereocenters. The zero-order valence-electron chi connectivity index (χ0n) is 11.2. The molecule has 1 aliphatic rings. The summed E-state index contributed by atoms with van der Waals surface area (Å²) in [6.45, 7) is 4.18. The number of fused-ring (bicyclic) bond motifs is 2. The van der Waals surface area contributed by atoms with Gasteiger partial charge >= 0.3 is 0 Å². The van der Waals surface area contributed by atoms with E-state index in [9.17, 15) is 9.59 Å². The monoisotopic (exact) mass is 341 g/mol. The second-order valence-electron chi connectivity index (χ2n) is 4.72. The summed E-state index contributed by atoms with van der Waals surface area (Å²) in [6.07, 6.45) is 1.71. The van der Waals surface area contributed by atoms with Gasteiger partial charge in [-0.2, -0.15) is 0 Å². The molecule has 3 rings (SSSR count). The SMILES string of the molecule is C=CCNc1ccc(Br)c2c1C(=O)c1ccccc1C2=O. The number of carbonyl (C=O) groups is 2. The topological polar surface area (TPSA) is 46.2 Å². The number of ketones is 2. The molecule has 0 saturated carbocycles. The first-order chi connectivity index (χ1) is 10.1. The standard InChI is InChI=1S/C17H12BrNO2/c1-2-9-19-13-8-7-12(18)14-15(13)17(21)11-6-4-3-5-10(11)16(14)20/h2-8,19H,1,9H2. The Morgan fingerprint density at radius 1 is 1.00 bits per heavy atom. The molecule has 0 spiro atoms. The highest BCUT2D eigenvalue weighted by Gasteiger charge is 2.33. The Hall–Kier alpha value is -2.20. The van der Waals surface area contributed by atoms with Crippen molar-refractivity contribution in [3.05, 3.63) is 75.8 Å². The normalized spacial score (nSPS) is 12.6. The Balaban J connectivity index is 2.26. The third-order valence-electron chi connectivity index (χ3n) is 3.46. The lowest BCUT2D eigenvalue weighted by Gasteiger charge is -2.21. The minimum atomic E-state index is -0.131. The molecule has 0 fully saturated rings. The number of hydrogen-bond donors (Lipinski definition) is 1. The lowest BCUT2D eigenvalue weighted by Crippen LogP contribution is -2.23. The zero-order chi connectivity index (χ0) is 15.0. The fourth-order valence-corrected chi connectivity index (χ4v) is 3.02. The van der Waals surface area contributed by atoms with E-state index in [0.29, 0.717) is 39.0 Å². The molecule has 0 saturated heterocycles. The Bertz CT molecular complexity index is 780. The highest BCUT2D eigenvalue weighted by Crippen LogP contribution is 2.36. The van der Waals surface area contributed by atoms with Crippen LogP contribution in [0.15, 0.2) is 53.5 Å². The van der Waals surface area contributed by atoms with Crippen LogP contribution in [0.2, 0.25) is 0 Å². The molecule has 4 heteroatoms. The maximum Gasteiger partial charge on any atom is 0.196 e. The maximum atomic E-state index is 12.8. The van der Waals surface area contributed by atoms with Crippen molar-refractivity contribution < 1.29 is 9.59 Å². The smallest absolute Gasteiger partial charge is 0.196 e. The molecule has 0 aromatic heterocycles. The quantitative estimate of drug-likeness (QED) is 0.736. The van der Waals surface area contributed by atoms with Gasteiger partial charge < -0.3 is 5.32 Å². The van der Waals surface area contributed by atoms with Crippen molar-refractivity contribution in [2.75, 3.05) is 11.9 Å². The van der Waals surface area contributed by atoms with Gasteiger partial charge in [-0.15, -0.1) is 6.58 Å². The number of halogens is 1. The third kappa shape index (κ3) is 2.12. The molecular weight excluding hydrogens is 330 g/mol. The summed E-state index contributed by atoms with van der Waals surface area (Å²) >= 11 is 3.38. The average molecular weight is 342 g/mol. The molecule has 0 bridgehead atoms. The predicted molar refractivity (Wildman–Crippen MR) is 86.1 cm³/mol. The van der Waals surface area contributed by atoms with E-state index in [1.165, 1.54) is 0 Å². The molecule has 0 aliphatic heterocycles. The largest absolute Gasteiger partial charge is 0.381 e. The van der Waals surface area contributed by atoms with Crippen molar-refractivity contribution in [3.63, 3.8) is 0 Å². The van der Waals surface area contributed by atoms with Gasteiger partial charge in [0, 0.05) is 33.4 Å². The Morgan fingerprint density at radius 2 is 1.62 bits per heavy atom. The van der Waals surface area contributed by atoms with Gasteiger partial charge in [0.2, 0.25) is 0 Å². The van der Waals surface area contributed by atoms with Gasteiger partial charge in [-0.1, -0.05) is 46.3 Å². The summed E-state index contributed by atoms with van der Waals surface area (Å²) < 4.78 is 0.634. The first-order valence-corrected chi connectivity index (χ1v) is 7.30. The van der Waals surface area contributed by atoms with Crippen molar-refractivity contribution in [1.82, 2.24) is 0 Å². The molecule has 0 heterocycles. The molecule has 2 aromatic rings. The Kier molecular flexibility index (Phi) is 3.47. The van der Waals surface area contributed by atoms with Crippen LogP contribution in [0.1, 0.15) is 31.8 Å².